The maximum atomic E-state index is 15.9. The van der Waals surface area contributed by atoms with E-state index in [1.165, 1.54) is 10.7 Å². The molecular weight excluding hydrogens is 590 g/mol. The number of hydrogen-bond acceptors (Lipinski definition) is 7. The first-order valence-electron chi connectivity index (χ1n) is 17.2. The molecule has 46 heavy (non-hydrogen) atoms. The maximum absolute atomic E-state index is 15.9. The van der Waals surface area contributed by atoms with Crippen LogP contribution in [-0.2, 0) is 24.3 Å². The number of fused-ring (bicyclic) bond motifs is 11. The summed E-state index contributed by atoms with van der Waals surface area (Å²) < 4.78 is 40.4. The standard InChI is InChI=1S/C35H48F2N6O3/c1-25-26-11-10-12-28(23-26)35(36,37)27-13-17-41(18-14-27)15-8-6-4-3-5-7-9-16-43-31-29(32(38-25)39-40(2)34(31)45)24-30(33(43)44)42-19-21-46-22-20-42/h10-12,23-25,27H,3-9,13-22H2,1-2H3,(H,38,39)/t25-/m1/s1. The number of piperidine rings is 1. The van der Waals surface area contributed by atoms with Gasteiger partial charge in [0.25, 0.3) is 17.0 Å². The number of ether oxygens (including phenoxy) is 1. The quantitative estimate of drug-likeness (QED) is 0.369. The van der Waals surface area contributed by atoms with E-state index in [0.717, 1.165) is 64.6 Å². The van der Waals surface area contributed by atoms with Gasteiger partial charge in [-0.2, -0.15) is 5.10 Å². The number of benzene rings is 1. The number of hydrogen-bond donors (Lipinski definition) is 1. The molecule has 2 fully saturated rings. The van der Waals surface area contributed by atoms with Crippen molar-refractivity contribution in [3.8, 4) is 0 Å². The van der Waals surface area contributed by atoms with Gasteiger partial charge in [-0.3, -0.25) is 9.59 Å². The Morgan fingerprint density at radius 2 is 1.54 bits per heavy atom. The molecule has 11 heteroatoms. The Balaban J connectivity index is 1.41. The molecule has 6 heterocycles. The van der Waals surface area contributed by atoms with Gasteiger partial charge in [-0.15, -0.1) is 0 Å². The first-order chi connectivity index (χ1) is 22.2. The summed E-state index contributed by atoms with van der Waals surface area (Å²) in [5, 5.41) is 8.58. The van der Waals surface area contributed by atoms with E-state index in [4.69, 9.17) is 4.74 Å². The van der Waals surface area contributed by atoms with E-state index in [0.29, 0.717) is 73.7 Å². The van der Waals surface area contributed by atoms with Gasteiger partial charge in [-0.25, -0.2) is 13.5 Å². The minimum Gasteiger partial charge on any atom is -0.378 e. The van der Waals surface area contributed by atoms with Crippen LogP contribution in [0.1, 0.15) is 81.9 Å². The predicted molar refractivity (Wildman–Crippen MR) is 178 cm³/mol. The summed E-state index contributed by atoms with van der Waals surface area (Å²) in [5.41, 5.74) is 1.08. The molecule has 250 valence electrons. The molecule has 1 N–H and O–H groups in total. The minimum absolute atomic E-state index is 0.0391. The smallest absolute Gasteiger partial charge is 0.291 e. The van der Waals surface area contributed by atoms with E-state index in [-0.39, 0.29) is 22.7 Å². The third kappa shape index (κ3) is 6.86. The number of anilines is 2. The number of nitrogens with zero attached hydrogens (tertiary/aromatic N) is 5. The lowest BCUT2D eigenvalue weighted by molar-refractivity contribution is -0.0855. The van der Waals surface area contributed by atoms with Crippen molar-refractivity contribution in [2.45, 2.75) is 83.2 Å². The molecule has 1 aromatic carbocycles. The van der Waals surface area contributed by atoms with Gasteiger partial charge in [0.2, 0.25) is 0 Å². The van der Waals surface area contributed by atoms with Gasteiger partial charge in [0, 0.05) is 38.2 Å². The fourth-order valence-electron chi connectivity index (χ4n) is 7.36. The molecule has 0 radical (unpaired) electrons. The van der Waals surface area contributed by atoms with E-state index in [2.05, 4.69) is 15.3 Å². The summed E-state index contributed by atoms with van der Waals surface area (Å²) in [7, 11) is 1.58. The van der Waals surface area contributed by atoms with Crippen molar-refractivity contribution in [2.75, 3.05) is 56.2 Å². The third-order valence-electron chi connectivity index (χ3n) is 10.2. The van der Waals surface area contributed by atoms with E-state index < -0.39 is 11.8 Å². The van der Waals surface area contributed by atoms with Gasteiger partial charge < -0.3 is 24.4 Å². The van der Waals surface area contributed by atoms with Gasteiger partial charge in [-0.05, 0) is 69.9 Å². The lowest BCUT2D eigenvalue weighted by Gasteiger charge is -2.36. The summed E-state index contributed by atoms with van der Waals surface area (Å²) in [6.45, 7) is 6.96. The van der Waals surface area contributed by atoms with Crippen LogP contribution in [0.5, 0.6) is 0 Å². The second kappa shape index (κ2) is 14.2. The normalized spacial score (nSPS) is 25.0. The third-order valence-corrected chi connectivity index (χ3v) is 10.2. The van der Waals surface area contributed by atoms with Gasteiger partial charge >= 0.3 is 0 Å². The van der Waals surface area contributed by atoms with Crippen LogP contribution < -0.4 is 21.3 Å². The molecule has 7 rings (SSSR count). The first kappa shape index (κ1) is 32.6. The number of alkyl halides is 2. The van der Waals surface area contributed by atoms with E-state index in [1.807, 2.05) is 17.9 Å². The van der Waals surface area contributed by atoms with E-state index in [9.17, 15) is 9.59 Å². The molecule has 2 aromatic heterocycles. The fourth-order valence-corrected chi connectivity index (χ4v) is 7.36. The van der Waals surface area contributed by atoms with Crippen molar-refractivity contribution in [3.05, 3.63) is 62.2 Å². The van der Waals surface area contributed by atoms with Crippen LogP contribution >= 0.6 is 0 Å². The topological polar surface area (TPSA) is 84.6 Å². The Bertz CT molecular complexity index is 1630. The molecule has 1 atom stereocenters. The van der Waals surface area contributed by atoms with Gasteiger partial charge in [-0.1, -0.05) is 50.3 Å². The minimum atomic E-state index is -2.93. The SMILES string of the molecule is C[C@H]1Nc2nn(C)c(=O)c3c2cc(N2CCOCC2)c(=O)n3CCCCCCCCCN2CCC(CC2)C(F)(F)c2cccc1c2. The molecule has 3 aromatic rings. The Kier molecular flexibility index (Phi) is 10.1. The zero-order valence-electron chi connectivity index (χ0n) is 27.3. The molecule has 4 aliphatic rings. The molecule has 0 spiro atoms. The molecule has 4 aliphatic heterocycles. The second-order valence-corrected chi connectivity index (χ2v) is 13.3. The largest absolute Gasteiger partial charge is 0.378 e. The highest BCUT2D eigenvalue weighted by Crippen LogP contribution is 2.42. The van der Waals surface area contributed by atoms with Crippen molar-refractivity contribution < 1.29 is 13.5 Å². The van der Waals surface area contributed by atoms with Crippen molar-refractivity contribution in [1.82, 2.24) is 19.2 Å². The van der Waals surface area contributed by atoms with Gasteiger partial charge in [0.15, 0.2) is 5.82 Å². The number of aryl methyl sites for hydroxylation is 2. The van der Waals surface area contributed by atoms with Crippen LogP contribution in [-0.4, -0.2) is 65.2 Å². The summed E-state index contributed by atoms with van der Waals surface area (Å²) >= 11 is 0. The van der Waals surface area contributed by atoms with Crippen LogP contribution in [0.15, 0.2) is 39.9 Å². The maximum Gasteiger partial charge on any atom is 0.291 e. The van der Waals surface area contributed by atoms with Crippen molar-refractivity contribution in [1.29, 1.82) is 0 Å². The Morgan fingerprint density at radius 1 is 0.870 bits per heavy atom. The first-order valence-corrected chi connectivity index (χ1v) is 17.2. The number of morpholine rings is 1. The summed E-state index contributed by atoms with van der Waals surface area (Å²) in [6.07, 6.45) is 8.29. The lowest BCUT2D eigenvalue weighted by Crippen LogP contribution is -2.41. The van der Waals surface area contributed by atoms with E-state index in [1.54, 1.807) is 29.8 Å². The second-order valence-electron chi connectivity index (χ2n) is 13.3. The Hall–Kier alpha value is -3.31. The Labute approximate surface area is 269 Å². The molecule has 2 saturated heterocycles. The number of aromatic nitrogens is 3. The van der Waals surface area contributed by atoms with Crippen molar-refractivity contribution >= 4 is 22.4 Å². The van der Waals surface area contributed by atoms with Gasteiger partial charge in [0.1, 0.15) is 11.2 Å². The Morgan fingerprint density at radius 3 is 2.26 bits per heavy atom. The fraction of sp³-hybridized carbons (Fsp3) is 0.629. The molecular formula is C35H48F2N6O3. The summed E-state index contributed by atoms with van der Waals surface area (Å²) in [6, 6.07) is 8.09. The van der Waals surface area contributed by atoms with Crippen molar-refractivity contribution in [2.24, 2.45) is 13.0 Å². The monoisotopic (exact) mass is 638 g/mol. The highest BCUT2D eigenvalue weighted by molar-refractivity contribution is 5.91. The number of rotatable bonds is 1. The van der Waals surface area contributed by atoms with Crippen LogP contribution in [0.4, 0.5) is 20.3 Å². The summed E-state index contributed by atoms with van der Waals surface area (Å²) in [4.78, 5) is 32.0. The summed E-state index contributed by atoms with van der Waals surface area (Å²) in [5.74, 6) is -3.17. The number of pyridine rings is 1. The average Bonchev–Trinajstić information content (AvgIpc) is 3.07. The van der Waals surface area contributed by atoms with Crippen LogP contribution in [0.25, 0.3) is 10.9 Å². The van der Waals surface area contributed by atoms with Gasteiger partial charge in [0.05, 0.1) is 24.6 Å². The zero-order chi connectivity index (χ0) is 32.3. The highest BCUT2D eigenvalue weighted by Gasteiger charge is 2.42. The predicted octanol–water partition coefficient (Wildman–Crippen LogP) is 5.65. The lowest BCUT2D eigenvalue weighted by atomic mass is 9.85. The van der Waals surface area contributed by atoms with Crippen LogP contribution in [0.2, 0.25) is 0 Å². The van der Waals surface area contributed by atoms with E-state index >= 15 is 8.78 Å². The number of halogens is 2. The highest BCUT2D eigenvalue weighted by atomic mass is 19.3. The molecule has 0 amide bonds. The number of nitrogens with one attached hydrogen (secondary N) is 1. The van der Waals surface area contributed by atoms with Crippen LogP contribution in [0, 0.1) is 5.92 Å². The molecule has 8 bridgehead atoms. The molecule has 0 unspecified atom stereocenters. The zero-order valence-corrected chi connectivity index (χ0v) is 27.3. The molecule has 0 aliphatic carbocycles. The van der Waals surface area contributed by atoms with Crippen LogP contribution in [0.3, 0.4) is 0 Å². The molecule has 0 saturated carbocycles. The van der Waals surface area contributed by atoms with Crippen molar-refractivity contribution in [3.63, 3.8) is 0 Å². The average molecular weight is 639 g/mol. The molecule has 9 nitrogen and oxygen atoms in total.